The van der Waals surface area contributed by atoms with Crippen molar-refractivity contribution in [3.05, 3.63) is 39.9 Å². The van der Waals surface area contributed by atoms with E-state index in [1.54, 1.807) is 0 Å². The molecule has 14 heavy (non-hydrogen) atoms. The Bertz CT molecular complexity index is 402. The lowest BCUT2D eigenvalue weighted by Crippen LogP contribution is -1.94. The van der Waals surface area contributed by atoms with Crippen molar-refractivity contribution < 1.29 is 18.7 Å². The molecule has 0 aromatic heterocycles. The lowest BCUT2D eigenvalue weighted by atomic mass is 10.2. The third-order valence-corrected chi connectivity index (χ3v) is 1.94. The molecule has 0 aliphatic rings. The smallest absolute Gasteiger partial charge is 0.364 e. The number of carbonyl (C=O) groups is 1. The van der Waals surface area contributed by atoms with Crippen LogP contribution in [0.4, 0.5) is 8.78 Å². The maximum absolute atomic E-state index is 13.0. The zero-order valence-electron chi connectivity index (χ0n) is 6.80. The molecule has 0 atom stereocenters. The van der Waals surface area contributed by atoms with Crippen molar-refractivity contribution in [3.63, 3.8) is 0 Å². The summed E-state index contributed by atoms with van der Waals surface area (Å²) in [6, 6.07) is 3.90. The number of carboxylic acid groups (broad SMARTS) is 1. The van der Waals surface area contributed by atoms with Crippen molar-refractivity contribution in [3.8, 4) is 0 Å². The van der Waals surface area contributed by atoms with Gasteiger partial charge in [0.15, 0.2) is 0 Å². The third kappa shape index (κ3) is 2.63. The average molecular weight is 263 g/mol. The Morgan fingerprint density at radius 2 is 2.14 bits per heavy atom. The van der Waals surface area contributed by atoms with Gasteiger partial charge in [-0.25, -0.2) is 9.18 Å². The SMILES string of the molecule is O=C(O)C(F)=Cc1ccc(Br)cc1F. The normalized spacial score (nSPS) is 11.5. The highest BCUT2D eigenvalue weighted by Gasteiger charge is 2.07. The van der Waals surface area contributed by atoms with Gasteiger partial charge in [-0.3, -0.25) is 0 Å². The van der Waals surface area contributed by atoms with Crippen LogP contribution in [-0.2, 0) is 4.79 Å². The number of aliphatic carboxylic acids is 1. The van der Waals surface area contributed by atoms with E-state index in [0.29, 0.717) is 10.5 Å². The van der Waals surface area contributed by atoms with Gasteiger partial charge in [-0.2, -0.15) is 4.39 Å². The summed E-state index contributed by atoms with van der Waals surface area (Å²) < 4.78 is 26.1. The molecule has 0 spiro atoms. The molecular formula is C9H5BrF2O2. The zero-order chi connectivity index (χ0) is 10.7. The van der Waals surface area contributed by atoms with E-state index in [0.717, 1.165) is 6.07 Å². The van der Waals surface area contributed by atoms with Crippen molar-refractivity contribution >= 4 is 28.0 Å². The molecule has 0 aliphatic heterocycles. The monoisotopic (exact) mass is 262 g/mol. The summed E-state index contributed by atoms with van der Waals surface area (Å²) in [4.78, 5) is 10.1. The van der Waals surface area contributed by atoms with E-state index < -0.39 is 17.6 Å². The summed E-state index contributed by atoms with van der Waals surface area (Å²) in [5.41, 5.74) is -0.104. The summed E-state index contributed by atoms with van der Waals surface area (Å²) in [5.74, 6) is -3.80. The Morgan fingerprint density at radius 1 is 1.50 bits per heavy atom. The van der Waals surface area contributed by atoms with Crippen LogP contribution in [0.5, 0.6) is 0 Å². The Hall–Kier alpha value is -1.23. The second kappa shape index (κ2) is 4.32. The Kier molecular flexibility index (Phi) is 3.35. The molecule has 1 aromatic carbocycles. The van der Waals surface area contributed by atoms with Gasteiger partial charge in [0, 0.05) is 10.0 Å². The summed E-state index contributed by atoms with van der Waals surface area (Å²) in [5, 5.41) is 8.21. The highest BCUT2D eigenvalue weighted by Crippen LogP contribution is 2.17. The molecule has 0 saturated heterocycles. The van der Waals surface area contributed by atoms with Crippen LogP contribution in [0.15, 0.2) is 28.5 Å². The molecule has 0 bridgehead atoms. The van der Waals surface area contributed by atoms with Crippen molar-refractivity contribution in [2.24, 2.45) is 0 Å². The van der Waals surface area contributed by atoms with Gasteiger partial charge in [-0.05, 0) is 18.2 Å². The van der Waals surface area contributed by atoms with E-state index in [-0.39, 0.29) is 5.56 Å². The lowest BCUT2D eigenvalue weighted by Gasteiger charge is -1.97. The Labute approximate surface area is 87.0 Å². The van der Waals surface area contributed by atoms with Crippen molar-refractivity contribution in [1.29, 1.82) is 0 Å². The average Bonchev–Trinajstić information content (AvgIpc) is 2.09. The number of carboxylic acids is 1. The van der Waals surface area contributed by atoms with E-state index >= 15 is 0 Å². The predicted molar refractivity (Wildman–Crippen MR) is 50.8 cm³/mol. The van der Waals surface area contributed by atoms with Crippen molar-refractivity contribution in [2.75, 3.05) is 0 Å². The number of rotatable bonds is 2. The van der Waals surface area contributed by atoms with Gasteiger partial charge in [0.1, 0.15) is 5.82 Å². The predicted octanol–water partition coefficient (Wildman–Crippen LogP) is 2.98. The molecule has 74 valence electrons. The third-order valence-electron chi connectivity index (χ3n) is 1.45. The first-order chi connectivity index (χ1) is 6.50. The fraction of sp³-hybridized carbons (Fsp3) is 0. The molecule has 0 amide bonds. The summed E-state index contributed by atoms with van der Waals surface area (Å²) in [7, 11) is 0. The fourth-order valence-corrected chi connectivity index (χ4v) is 1.15. The minimum Gasteiger partial charge on any atom is -0.476 e. The number of benzene rings is 1. The molecule has 0 saturated carbocycles. The molecule has 2 nitrogen and oxygen atoms in total. The van der Waals surface area contributed by atoms with Gasteiger partial charge in [-0.1, -0.05) is 22.0 Å². The number of halogens is 3. The van der Waals surface area contributed by atoms with E-state index in [1.165, 1.54) is 12.1 Å². The first-order valence-electron chi connectivity index (χ1n) is 3.56. The van der Waals surface area contributed by atoms with Crippen LogP contribution in [0.2, 0.25) is 0 Å². The first-order valence-corrected chi connectivity index (χ1v) is 4.35. The number of hydrogen-bond acceptors (Lipinski definition) is 1. The van der Waals surface area contributed by atoms with Crippen molar-refractivity contribution in [1.82, 2.24) is 0 Å². The molecule has 1 rings (SSSR count). The van der Waals surface area contributed by atoms with Gasteiger partial charge >= 0.3 is 5.97 Å². The van der Waals surface area contributed by atoms with E-state index in [1.807, 2.05) is 0 Å². The molecule has 1 N–H and O–H groups in total. The Balaban J connectivity index is 3.09. The van der Waals surface area contributed by atoms with Crippen molar-refractivity contribution in [2.45, 2.75) is 0 Å². The van der Waals surface area contributed by atoms with Gasteiger partial charge in [0.25, 0.3) is 0 Å². The highest BCUT2D eigenvalue weighted by atomic mass is 79.9. The molecule has 0 unspecified atom stereocenters. The molecule has 5 heteroatoms. The molecule has 0 fully saturated rings. The van der Waals surface area contributed by atoms with Gasteiger partial charge in [0.05, 0.1) is 0 Å². The second-order valence-electron chi connectivity index (χ2n) is 2.46. The largest absolute Gasteiger partial charge is 0.476 e. The van der Waals surface area contributed by atoms with E-state index in [4.69, 9.17) is 5.11 Å². The van der Waals surface area contributed by atoms with E-state index in [9.17, 15) is 13.6 Å². The van der Waals surface area contributed by atoms with Gasteiger partial charge in [0.2, 0.25) is 5.83 Å². The summed E-state index contributed by atoms with van der Waals surface area (Å²) in [6.45, 7) is 0. The van der Waals surface area contributed by atoms with Crippen LogP contribution < -0.4 is 0 Å². The molecule has 1 aromatic rings. The molecule has 0 aliphatic carbocycles. The van der Waals surface area contributed by atoms with Gasteiger partial charge in [-0.15, -0.1) is 0 Å². The topological polar surface area (TPSA) is 37.3 Å². The van der Waals surface area contributed by atoms with Crippen LogP contribution in [-0.4, -0.2) is 11.1 Å². The highest BCUT2D eigenvalue weighted by molar-refractivity contribution is 9.10. The maximum atomic E-state index is 13.0. The number of hydrogen-bond donors (Lipinski definition) is 1. The van der Waals surface area contributed by atoms with Crippen LogP contribution >= 0.6 is 15.9 Å². The maximum Gasteiger partial charge on any atom is 0.364 e. The lowest BCUT2D eigenvalue weighted by molar-refractivity contribution is -0.134. The standard InChI is InChI=1S/C9H5BrF2O2/c10-6-2-1-5(7(11)4-6)3-8(12)9(13)14/h1-4H,(H,13,14). The Morgan fingerprint density at radius 3 is 2.64 bits per heavy atom. The summed E-state index contributed by atoms with van der Waals surface area (Å²) >= 11 is 3.02. The molecule has 0 radical (unpaired) electrons. The fourth-order valence-electron chi connectivity index (χ4n) is 0.817. The van der Waals surface area contributed by atoms with Crippen LogP contribution in [0.1, 0.15) is 5.56 Å². The van der Waals surface area contributed by atoms with Gasteiger partial charge < -0.3 is 5.11 Å². The first kappa shape index (κ1) is 10.8. The molecule has 0 heterocycles. The molecular weight excluding hydrogens is 258 g/mol. The van der Waals surface area contributed by atoms with Crippen LogP contribution in [0.3, 0.4) is 0 Å². The van der Waals surface area contributed by atoms with E-state index in [2.05, 4.69) is 15.9 Å². The zero-order valence-corrected chi connectivity index (χ0v) is 8.38. The quantitative estimate of drug-likeness (QED) is 0.833. The minimum absolute atomic E-state index is 0.104. The van der Waals surface area contributed by atoms with Crippen LogP contribution in [0.25, 0.3) is 6.08 Å². The van der Waals surface area contributed by atoms with Crippen LogP contribution in [0, 0.1) is 5.82 Å². The second-order valence-corrected chi connectivity index (χ2v) is 3.38. The summed E-state index contributed by atoms with van der Waals surface area (Å²) in [6.07, 6.45) is 0.629. The minimum atomic E-state index is -1.72.